The molecule has 1 aromatic heterocycles. The summed E-state index contributed by atoms with van der Waals surface area (Å²) in [4.78, 5) is 4.13. The predicted octanol–water partition coefficient (Wildman–Crippen LogP) is 4.62. The van der Waals surface area contributed by atoms with Crippen LogP contribution < -0.4 is 0 Å². The van der Waals surface area contributed by atoms with Crippen LogP contribution in [0.2, 0.25) is 6.04 Å². The molecule has 0 bridgehead atoms. The van der Waals surface area contributed by atoms with Crippen LogP contribution in [0.15, 0.2) is 18.7 Å². The molecule has 1 unspecified atom stereocenters. The van der Waals surface area contributed by atoms with Gasteiger partial charge in [-0.3, -0.25) is 0 Å². The minimum Gasteiger partial charge on any atom is -0.392 e. The van der Waals surface area contributed by atoms with Crippen molar-refractivity contribution in [2.45, 2.75) is 91.3 Å². The highest BCUT2D eigenvalue weighted by atomic mass is 29.3. The molecule has 0 aromatic carbocycles. The average Bonchev–Trinajstić information content (AvgIpc) is 3.28. The summed E-state index contributed by atoms with van der Waals surface area (Å²) in [6.07, 6.45) is 12.5. The molecule has 1 fully saturated rings. The summed E-state index contributed by atoms with van der Waals surface area (Å²) in [5, 5.41) is 0. The SMILES string of the molecule is CCCO[Si]1(OCCC)CCC(CCCn2ccnc2)O[Si]1(OCCC)OCCC. The minimum absolute atomic E-state index is 0.130. The molecule has 0 amide bonds. The van der Waals surface area contributed by atoms with Crippen LogP contribution in [-0.4, -0.2) is 58.5 Å². The van der Waals surface area contributed by atoms with Gasteiger partial charge in [-0.15, -0.1) is 0 Å². The van der Waals surface area contributed by atoms with Crippen LogP contribution in [0.5, 0.6) is 0 Å². The molecule has 174 valence electrons. The Hall–Kier alpha value is -0.556. The fraction of sp³-hybridized carbons (Fsp3) is 0.857. The van der Waals surface area contributed by atoms with Crippen LogP contribution in [0.25, 0.3) is 0 Å². The van der Waals surface area contributed by atoms with E-state index in [1.54, 1.807) is 0 Å². The molecule has 1 atom stereocenters. The Morgan fingerprint density at radius 2 is 1.53 bits per heavy atom. The van der Waals surface area contributed by atoms with E-state index in [2.05, 4.69) is 37.2 Å². The summed E-state index contributed by atoms with van der Waals surface area (Å²) in [5.74, 6) is 0. The molecule has 7 nitrogen and oxygen atoms in total. The fourth-order valence-electron chi connectivity index (χ4n) is 3.70. The van der Waals surface area contributed by atoms with Crippen molar-refractivity contribution in [1.82, 2.24) is 9.55 Å². The van der Waals surface area contributed by atoms with E-state index < -0.39 is 16.4 Å². The van der Waals surface area contributed by atoms with Gasteiger partial charge in [-0.2, -0.15) is 0 Å². The lowest BCUT2D eigenvalue weighted by molar-refractivity contribution is 0.00583. The monoisotopic (exact) mass is 458 g/mol. The first-order chi connectivity index (χ1) is 14.6. The van der Waals surface area contributed by atoms with E-state index in [1.807, 2.05) is 18.7 Å². The van der Waals surface area contributed by atoms with Gasteiger partial charge in [0, 0.05) is 51.5 Å². The van der Waals surface area contributed by atoms with Crippen molar-refractivity contribution in [2.24, 2.45) is 0 Å². The summed E-state index contributed by atoms with van der Waals surface area (Å²) in [7, 11) is -5.84. The number of rotatable bonds is 16. The summed E-state index contributed by atoms with van der Waals surface area (Å²) in [5.41, 5.74) is 0. The van der Waals surface area contributed by atoms with E-state index in [1.165, 1.54) is 0 Å². The molecule has 9 heteroatoms. The second-order valence-corrected chi connectivity index (χ2v) is 16.6. The van der Waals surface area contributed by atoms with Crippen LogP contribution in [0.3, 0.4) is 0 Å². The van der Waals surface area contributed by atoms with Gasteiger partial charge in [0.25, 0.3) is 0 Å². The highest BCUT2D eigenvalue weighted by Crippen LogP contribution is 2.39. The first kappa shape index (κ1) is 25.7. The molecule has 1 saturated heterocycles. The maximum atomic E-state index is 6.79. The first-order valence-corrected chi connectivity index (χ1v) is 16.6. The molecule has 0 radical (unpaired) electrons. The summed E-state index contributed by atoms with van der Waals surface area (Å²) < 4.78 is 35.0. The van der Waals surface area contributed by atoms with Crippen LogP contribution in [0, 0.1) is 0 Å². The van der Waals surface area contributed by atoms with Crippen molar-refractivity contribution >= 4 is 16.4 Å². The summed E-state index contributed by atoms with van der Waals surface area (Å²) >= 11 is 0. The van der Waals surface area contributed by atoms with Gasteiger partial charge in [0.1, 0.15) is 0 Å². The zero-order valence-electron chi connectivity index (χ0n) is 19.4. The van der Waals surface area contributed by atoms with Crippen LogP contribution in [0.1, 0.15) is 72.6 Å². The van der Waals surface area contributed by atoms with Crippen molar-refractivity contribution in [3.05, 3.63) is 18.7 Å². The van der Waals surface area contributed by atoms with Crippen molar-refractivity contribution < 1.29 is 22.1 Å². The molecule has 1 aromatic rings. The molecule has 30 heavy (non-hydrogen) atoms. The van der Waals surface area contributed by atoms with E-state index in [-0.39, 0.29) is 6.10 Å². The average molecular weight is 459 g/mol. The zero-order valence-corrected chi connectivity index (χ0v) is 21.4. The second kappa shape index (κ2) is 13.8. The Morgan fingerprint density at radius 1 is 0.933 bits per heavy atom. The molecular formula is C21H42N2O5Si2. The minimum atomic E-state index is -3.08. The Balaban J connectivity index is 2.18. The van der Waals surface area contributed by atoms with Gasteiger partial charge in [0.05, 0.1) is 6.33 Å². The Kier molecular flexibility index (Phi) is 11.8. The van der Waals surface area contributed by atoms with Gasteiger partial charge < -0.3 is 26.7 Å². The Bertz CT molecular complexity index is 546. The van der Waals surface area contributed by atoms with E-state index in [0.29, 0.717) is 26.4 Å². The number of aryl methyl sites for hydroxylation is 1. The lowest BCUT2D eigenvalue weighted by Crippen LogP contribution is -2.75. The third kappa shape index (κ3) is 6.98. The van der Waals surface area contributed by atoms with Crippen molar-refractivity contribution in [2.75, 3.05) is 26.4 Å². The number of hydrogen-bond acceptors (Lipinski definition) is 6. The van der Waals surface area contributed by atoms with Gasteiger partial charge >= 0.3 is 16.4 Å². The molecule has 2 rings (SSSR count). The largest absolute Gasteiger partial charge is 0.539 e. The third-order valence-corrected chi connectivity index (χ3v) is 15.8. The molecule has 0 aliphatic carbocycles. The van der Waals surface area contributed by atoms with Crippen molar-refractivity contribution in [3.63, 3.8) is 0 Å². The number of nitrogens with zero attached hydrogens (tertiary/aromatic N) is 2. The second-order valence-electron chi connectivity index (χ2n) is 7.92. The quantitative estimate of drug-likeness (QED) is 0.337. The maximum Gasteiger partial charge on any atom is 0.539 e. The highest BCUT2D eigenvalue weighted by Gasteiger charge is 2.71. The Labute approximate surface area is 184 Å². The highest BCUT2D eigenvalue weighted by molar-refractivity contribution is 7.29. The number of aromatic nitrogens is 2. The van der Waals surface area contributed by atoms with Gasteiger partial charge in [-0.05, 0) is 51.0 Å². The van der Waals surface area contributed by atoms with Gasteiger partial charge in [0.15, 0.2) is 0 Å². The van der Waals surface area contributed by atoms with E-state index in [0.717, 1.165) is 57.5 Å². The summed E-state index contributed by atoms with van der Waals surface area (Å²) in [6.45, 7) is 12.0. The molecule has 1 aliphatic heterocycles. The van der Waals surface area contributed by atoms with E-state index >= 15 is 0 Å². The molecule has 0 saturated carbocycles. The number of imidazole rings is 1. The molecule has 0 spiro atoms. The van der Waals surface area contributed by atoms with Crippen LogP contribution >= 0.6 is 0 Å². The van der Waals surface area contributed by atoms with Crippen molar-refractivity contribution in [3.8, 4) is 0 Å². The normalized spacial score (nSPS) is 20.5. The van der Waals surface area contributed by atoms with Gasteiger partial charge in [-0.25, -0.2) is 4.98 Å². The van der Waals surface area contributed by atoms with Gasteiger partial charge in [0.2, 0.25) is 0 Å². The lowest BCUT2D eigenvalue weighted by atomic mass is 10.1. The van der Waals surface area contributed by atoms with Crippen LogP contribution in [-0.2, 0) is 28.7 Å². The molecule has 1 aliphatic rings. The molecule has 2 heterocycles. The topological polar surface area (TPSA) is 64.0 Å². The zero-order chi connectivity index (χ0) is 21.7. The smallest absolute Gasteiger partial charge is 0.392 e. The lowest BCUT2D eigenvalue weighted by Gasteiger charge is -2.47. The third-order valence-electron chi connectivity index (χ3n) is 5.16. The summed E-state index contributed by atoms with van der Waals surface area (Å²) in [6, 6.07) is 0.891. The van der Waals surface area contributed by atoms with Crippen molar-refractivity contribution in [1.29, 1.82) is 0 Å². The van der Waals surface area contributed by atoms with Crippen LogP contribution in [0.4, 0.5) is 0 Å². The predicted molar refractivity (Wildman–Crippen MR) is 122 cm³/mol. The number of hydrogen-bond donors (Lipinski definition) is 0. The van der Waals surface area contributed by atoms with E-state index in [4.69, 9.17) is 22.1 Å². The standard InChI is InChI=1S/C21H42N2O5Si2/c1-5-15-24-29(25-16-6-2)19-11-21(10-9-13-23-14-12-22-20-23)28-30(29,26-17-7-3)27-18-8-4/h12,14,20-21H,5-11,13,15-19H2,1-4H3. The fourth-order valence-corrected chi connectivity index (χ4v) is 15.0. The van der Waals surface area contributed by atoms with E-state index in [9.17, 15) is 0 Å². The molecular weight excluding hydrogens is 416 g/mol. The molecule has 0 N–H and O–H groups in total. The Morgan fingerprint density at radius 3 is 2.07 bits per heavy atom. The van der Waals surface area contributed by atoms with Gasteiger partial charge in [-0.1, -0.05) is 27.7 Å². The first-order valence-electron chi connectivity index (χ1n) is 11.8. The maximum absolute atomic E-state index is 6.79.